The molecule has 0 aromatic rings. The SMILES string of the molecule is CC=C(C)OCCC1CCOC1=O. The van der Waals surface area contributed by atoms with Crippen LogP contribution in [0.25, 0.3) is 0 Å². The highest BCUT2D eigenvalue weighted by molar-refractivity contribution is 5.74. The van der Waals surface area contributed by atoms with Crippen molar-refractivity contribution in [2.24, 2.45) is 5.92 Å². The summed E-state index contributed by atoms with van der Waals surface area (Å²) in [6.45, 7) is 5.02. The van der Waals surface area contributed by atoms with Gasteiger partial charge in [-0.15, -0.1) is 0 Å². The minimum atomic E-state index is -0.0678. The van der Waals surface area contributed by atoms with Crippen LogP contribution in [0.3, 0.4) is 0 Å². The van der Waals surface area contributed by atoms with E-state index >= 15 is 0 Å². The van der Waals surface area contributed by atoms with Gasteiger partial charge in [-0.2, -0.15) is 0 Å². The monoisotopic (exact) mass is 184 g/mol. The lowest BCUT2D eigenvalue weighted by atomic mass is 10.1. The highest BCUT2D eigenvalue weighted by Gasteiger charge is 2.25. The van der Waals surface area contributed by atoms with E-state index in [-0.39, 0.29) is 11.9 Å². The third kappa shape index (κ3) is 3.09. The zero-order valence-electron chi connectivity index (χ0n) is 8.21. The molecule has 74 valence electrons. The number of cyclic esters (lactones) is 1. The highest BCUT2D eigenvalue weighted by Crippen LogP contribution is 2.18. The van der Waals surface area contributed by atoms with Crippen LogP contribution in [0.5, 0.6) is 0 Å². The first-order valence-electron chi connectivity index (χ1n) is 4.66. The van der Waals surface area contributed by atoms with Gasteiger partial charge in [-0.05, 0) is 26.7 Å². The van der Waals surface area contributed by atoms with E-state index in [2.05, 4.69) is 0 Å². The van der Waals surface area contributed by atoms with Crippen molar-refractivity contribution in [3.63, 3.8) is 0 Å². The Morgan fingerprint density at radius 2 is 2.54 bits per heavy atom. The molecule has 1 aliphatic heterocycles. The third-order valence-corrected chi connectivity index (χ3v) is 2.25. The zero-order chi connectivity index (χ0) is 9.68. The molecule has 0 bridgehead atoms. The summed E-state index contributed by atoms with van der Waals surface area (Å²) in [6.07, 6.45) is 3.52. The van der Waals surface area contributed by atoms with E-state index in [9.17, 15) is 4.79 Å². The summed E-state index contributed by atoms with van der Waals surface area (Å²) >= 11 is 0. The largest absolute Gasteiger partial charge is 0.499 e. The summed E-state index contributed by atoms with van der Waals surface area (Å²) < 4.78 is 10.2. The maximum absolute atomic E-state index is 11.0. The van der Waals surface area contributed by atoms with E-state index in [1.54, 1.807) is 0 Å². The molecule has 0 aromatic heterocycles. The first-order chi connectivity index (χ1) is 6.24. The fourth-order valence-corrected chi connectivity index (χ4v) is 1.25. The Balaban J connectivity index is 2.15. The standard InChI is InChI=1S/C10H16O3/c1-3-8(2)12-6-4-9-5-7-13-10(9)11/h3,9H,4-7H2,1-2H3. The maximum atomic E-state index is 11.0. The summed E-state index contributed by atoms with van der Waals surface area (Å²) in [5, 5.41) is 0. The van der Waals surface area contributed by atoms with Crippen molar-refractivity contribution in [2.45, 2.75) is 26.7 Å². The number of carbonyl (C=O) groups is 1. The van der Waals surface area contributed by atoms with Crippen molar-refractivity contribution in [3.8, 4) is 0 Å². The molecule has 0 amide bonds. The van der Waals surface area contributed by atoms with Crippen molar-refractivity contribution in [2.75, 3.05) is 13.2 Å². The van der Waals surface area contributed by atoms with Crippen LogP contribution in [-0.4, -0.2) is 19.2 Å². The van der Waals surface area contributed by atoms with E-state index in [1.807, 2.05) is 19.9 Å². The van der Waals surface area contributed by atoms with Crippen LogP contribution >= 0.6 is 0 Å². The Hall–Kier alpha value is -0.990. The van der Waals surface area contributed by atoms with E-state index in [0.717, 1.165) is 18.6 Å². The summed E-state index contributed by atoms with van der Waals surface area (Å²) in [5.41, 5.74) is 0. The number of allylic oxidation sites excluding steroid dienone is 2. The Morgan fingerprint density at radius 1 is 1.77 bits per heavy atom. The van der Waals surface area contributed by atoms with Gasteiger partial charge in [0.15, 0.2) is 0 Å². The first-order valence-corrected chi connectivity index (χ1v) is 4.66. The van der Waals surface area contributed by atoms with Crippen LogP contribution in [0, 0.1) is 5.92 Å². The number of carbonyl (C=O) groups excluding carboxylic acids is 1. The van der Waals surface area contributed by atoms with Gasteiger partial charge in [0, 0.05) is 0 Å². The molecule has 3 nitrogen and oxygen atoms in total. The molecule has 1 heterocycles. The van der Waals surface area contributed by atoms with E-state index in [4.69, 9.17) is 9.47 Å². The molecule has 1 aliphatic rings. The molecule has 1 fully saturated rings. The minimum absolute atomic E-state index is 0.0599. The average Bonchev–Trinajstić information content (AvgIpc) is 2.52. The number of hydrogen-bond acceptors (Lipinski definition) is 3. The van der Waals surface area contributed by atoms with Crippen molar-refractivity contribution in [3.05, 3.63) is 11.8 Å². The Morgan fingerprint density at radius 3 is 3.08 bits per heavy atom. The Kier molecular flexibility index (Phi) is 3.80. The lowest BCUT2D eigenvalue weighted by molar-refractivity contribution is -0.141. The molecule has 1 unspecified atom stereocenters. The van der Waals surface area contributed by atoms with Gasteiger partial charge in [-0.3, -0.25) is 4.79 Å². The molecule has 0 spiro atoms. The van der Waals surface area contributed by atoms with Gasteiger partial charge in [0.1, 0.15) is 0 Å². The second-order valence-electron chi connectivity index (χ2n) is 3.19. The fraction of sp³-hybridized carbons (Fsp3) is 0.700. The van der Waals surface area contributed by atoms with E-state index in [0.29, 0.717) is 13.2 Å². The highest BCUT2D eigenvalue weighted by atomic mass is 16.5. The van der Waals surface area contributed by atoms with Gasteiger partial charge in [0.25, 0.3) is 0 Å². The number of hydrogen-bond donors (Lipinski definition) is 0. The number of esters is 1. The lowest BCUT2D eigenvalue weighted by Crippen LogP contribution is -2.10. The van der Waals surface area contributed by atoms with Crippen molar-refractivity contribution in [1.82, 2.24) is 0 Å². The summed E-state index contributed by atoms with van der Waals surface area (Å²) in [6, 6.07) is 0. The van der Waals surface area contributed by atoms with Crippen LogP contribution in [0.1, 0.15) is 26.7 Å². The van der Waals surface area contributed by atoms with Gasteiger partial charge in [-0.25, -0.2) is 0 Å². The quantitative estimate of drug-likeness (QED) is 0.494. The lowest BCUT2D eigenvalue weighted by Gasteiger charge is -2.07. The summed E-state index contributed by atoms with van der Waals surface area (Å²) in [5.74, 6) is 0.901. The smallest absolute Gasteiger partial charge is 0.309 e. The molecule has 1 atom stereocenters. The molecule has 0 N–H and O–H groups in total. The predicted octanol–water partition coefficient (Wildman–Crippen LogP) is 1.88. The van der Waals surface area contributed by atoms with Gasteiger partial charge < -0.3 is 9.47 Å². The average molecular weight is 184 g/mol. The summed E-state index contributed by atoms with van der Waals surface area (Å²) in [4.78, 5) is 11.0. The van der Waals surface area contributed by atoms with Crippen LogP contribution in [0.15, 0.2) is 11.8 Å². The molecule has 1 saturated heterocycles. The molecular formula is C10H16O3. The van der Waals surface area contributed by atoms with Gasteiger partial charge in [0.2, 0.25) is 0 Å². The number of rotatable bonds is 4. The van der Waals surface area contributed by atoms with Gasteiger partial charge >= 0.3 is 5.97 Å². The van der Waals surface area contributed by atoms with Crippen LogP contribution in [-0.2, 0) is 14.3 Å². The van der Waals surface area contributed by atoms with Crippen molar-refractivity contribution >= 4 is 5.97 Å². The van der Waals surface area contributed by atoms with E-state index in [1.165, 1.54) is 0 Å². The first kappa shape index (κ1) is 10.1. The van der Waals surface area contributed by atoms with Crippen molar-refractivity contribution in [1.29, 1.82) is 0 Å². The van der Waals surface area contributed by atoms with Crippen molar-refractivity contribution < 1.29 is 14.3 Å². The van der Waals surface area contributed by atoms with Crippen LogP contribution in [0.4, 0.5) is 0 Å². The maximum Gasteiger partial charge on any atom is 0.309 e. The van der Waals surface area contributed by atoms with E-state index < -0.39 is 0 Å². The van der Waals surface area contributed by atoms with Gasteiger partial charge in [0.05, 0.1) is 24.9 Å². The summed E-state index contributed by atoms with van der Waals surface area (Å²) in [7, 11) is 0. The molecule has 0 aromatic carbocycles. The predicted molar refractivity (Wildman–Crippen MR) is 49.1 cm³/mol. The minimum Gasteiger partial charge on any atom is -0.499 e. The topological polar surface area (TPSA) is 35.5 Å². The normalized spacial score (nSPS) is 23.1. The molecule has 0 aliphatic carbocycles. The second-order valence-corrected chi connectivity index (χ2v) is 3.19. The van der Waals surface area contributed by atoms with Crippen LogP contribution in [0.2, 0.25) is 0 Å². The van der Waals surface area contributed by atoms with Gasteiger partial charge in [-0.1, -0.05) is 6.08 Å². The molecular weight excluding hydrogens is 168 g/mol. The molecule has 13 heavy (non-hydrogen) atoms. The molecule has 3 heteroatoms. The Labute approximate surface area is 78.7 Å². The Bertz CT molecular complexity index is 208. The zero-order valence-corrected chi connectivity index (χ0v) is 8.21. The third-order valence-electron chi connectivity index (χ3n) is 2.25. The van der Waals surface area contributed by atoms with Crippen LogP contribution < -0.4 is 0 Å². The molecule has 0 saturated carbocycles. The molecule has 1 rings (SSSR count). The number of ether oxygens (including phenoxy) is 2. The molecule has 0 radical (unpaired) electrons. The second kappa shape index (κ2) is 4.90. The fourth-order valence-electron chi connectivity index (χ4n) is 1.25.